The lowest BCUT2D eigenvalue weighted by Crippen LogP contribution is -2.50. The van der Waals surface area contributed by atoms with Gasteiger partial charge < -0.3 is 15.4 Å². The van der Waals surface area contributed by atoms with E-state index in [1.54, 1.807) is 19.1 Å². The molecule has 0 aliphatic carbocycles. The van der Waals surface area contributed by atoms with Crippen molar-refractivity contribution in [2.45, 2.75) is 25.8 Å². The number of carbonyl (C=O) groups is 1. The van der Waals surface area contributed by atoms with Crippen molar-refractivity contribution in [3.63, 3.8) is 0 Å². The Labute approximate surface area is 109 Å². The minimum Gasteiger partial charge on any atom is -0.496 e. The van der Waals surface area contributed by atoms with E-state index in [1.807, 2.05) is 38.1 Å². The van der Waals surface area contributed by atoms with Crippen molar-refractivity contribution in [1.29, 1.82) is 0 Å². The van der Waals surface area contributed by atoms with E-state index in [9.17, 15) is 4.79 Å². The molecule has 0 unspecified atom stereocenters. The molecule has 1 aromatic rings. The van der Waals surface area contributed by atoms with Crippen LogP contribution in [0.15, 0.2) is 24.3 Å². The van der Waals surface area contributed by atoms with E-state index < -0.39 is 0 Å². The molecule has 1 aromatic carbocycles. The van der Waals surface area contributed by atoms with Gasteiger partial charge in [-0.3, -0.25) is 4.79 Å². The summed E-state index contributed by atoms with van der Waals surface area (Å²) in [5.74, 6) is 0.778. The summed E-state index contributed by atoms with van der Waals surface area (Å²) in [5, 5.41) is 0. The zero-order valence-electron chi connectivity index (χ0n) is 11.6. The molecule has 0 spiro atoms. The van der Waals surface area contributed by atoms with Gasteiger partial charge in [-0.15, -0.1) is 0 Å². The van der Waals surface area contributed by atoms with Gasteiger partial charge in [-0.25, -0.2) is 0 Å². The zero-order valence-corrected chi connectivity index (χ0v) is 11.6. The summed E-state index contributed by atoms with van der Waals surface area (Å²) in [5.41, 5.74) is 6.23. The van der Waals surface area contributed by atoms with Gasteiger partial charge in [0, 0.05) is 24.7 Å². The molecule has 100 valence electrons. The van der Waals surface area contributed by atoms with Gasteiger partial charge in [-0.2, -0.15) is 0 Å². The van der Waals surface area contributed by atoms with E-state index in [1.165, 1.54) is 0 Å². The molecule has 4 nitrogen and oxygen atoms in total. The fraction of sp³-hybridized carbons (Fsp3) is 0.500. The lowest BCUT2D eigenvalue weighted by molar-refractivity contribution is -0.133. The lowest BCUT2D eigenvalue weighted by atomic mass is 10.0. The van der Waals surface area contributed by atoms with Crippen LogP contribution < -0.4 is 10.5 Å². The van der Waals surface area contributed by atoms with Gasteiger partial charge in [0.25, 0.3) is 0 Å². The SMILES string of the molecule is COc1ccccc1CC(=O)N(C)C(C)(C)CN. The molecule has 0 aliphatic rings. The van der Waals surface area contributed by atoms with Crippen LogP contribution in [0.1, 0.15) is 19.4 Å². The van der Waals surface area contributed by atoms with Crippen LogP contribution in [-0.2, 0) is 11.2 Å². The van der Waals surface area contributed by atoms with E-state index in [-0.39, 0.29) is 11.4 Å². The fourth-order valence-corrected chi connectivity index (χ4v) is 1.61. The molecule has 2 N–H and O–H groups in total. The predicted octanol–water partition coefficient (Wildman–Crippen LogP) is 1.43. The Morgan fingerprint density at radius 1 is 1.39 bits per heavy atom. The van der Waals surface area contributed by atoms with Crippen LogP contribution in [0.3, 0.4) is 0 Å². The maximum atomic E-state index is 12.2. The summed E-state index contributed by atoms with van der Waals surface area (Å²) < 4.78 is 5.24. The minimum absolute atomic E-state index is 0.0370. The Kier molecular flexibility index (Phi) is 4.73. The number of hydrogen-bond acceptors (Lipinski definition) is 3. The van der Waals surface area contributed by atoms with Crippen molar-refractivity contribution >= 4 is 5.91 Å². The van der Waals surface area contributed by atoms with Crippen molar-refractivity contribution in [2.24, 2.45) is 5.73 Å². The Morgan fingerprint density at radius 3 is 2.56 bits per heavy atom. The van der Waals surface area contributed by atoms with Gasteiger partial charge in [0.05, 0.1) is 13.5 Å². The van der Waals surface area contributed by atoms with E-state index >= 15 is 0 Å². The van der Waals surface area contributed by atoms with Crippen LogP contribution in [0, 0.1) is 0 Å². The van der Waals surface area contributed by atoms with Crippen LogP contribution in [-0.4, -0.2) is 37.0 Å². The zero-order chi connectivity index (χ0) is 13.8. The monoisotopic (exact) mass is 250 g/mol. The topological polar surface area (TPSA) is 55.6 Å². The smallest absolute Gasteiger partial charge is 0.227 e. The molecule has 0 bridgehead atoms. The van der Waals surface area contributed by atoms with Crippen molar-refractivity contribution in [3.05, 3.63) is 29.8 Å². The standard InChI is InChI=1S/C14H22N2O2/c1-14(2,10-15)16(3)13(17)9-11-7-5-6-8-12(11)18-4/h5-8H,9-10,15H2,1-4H3. The van der Waals surface area contributed by atoms with E-state index in [0.717, 1.165) is 11.3 Å². The highest BCUT2D eigenvalue weighted by Crippen LogP contribution is 2.20. The Morgan fingerprint density at radius 2 is 2.00 bits per heavy atom. The molecule has 0 aliphatic heterocycles. The summed E-state index contributed by atoms with van der Waals surface area (Å²) in [6.07, 6.45) is 0.323. The van der Waals surface area contributed by atoms with E-state index in [2.05, 4.69) is 0 Å². The van der Waals surface area contributed by atoms with E-state index in [0.29, 0.717) is 13.0 Å². The summed E-state index contributed by atoms with van der Waals surface area (Å²) in [4.78, 5) is 13.9. The first kappa shape index (κ1) is 14.5. The largest absolute Gasteiger partial charge is 0.496 e. The van der Waals surface area contributed by atoms with Gasteiger partial charge in [-0.1, -0.05) is 18.2 Å². The number of rotatable bonds is 5. The third-order valence-electron chi connectivity index (χ3n) is 3.32. The highest BCUT2D eigenvalue weighted by molar-refractivity contribution is 5.80. The molecule has 0 heterocycles. The lowest BCUT2D eigenvalue weighted by Gasteiger charge is -2.34. The quantitative estimate of drug-likeness (QED) is 0.860. The second-order valence-corrected chi connectivity index (χ2v) is 4.96. The molecule has 1 rings (SSSR count). The summed E-state index contributed by atoms with van der Waals surface area (Å²) in [6.45, 7) is 4.33. The summed E-state index contributed by atoms with van der Waals surface area (Å²) in [6, 6.07) is 7.55. The van der Waals surface area contributed by atoms with Crippen LogP contribution in [0.5, 0.6) is 5.75 Å². The fourth-order valence-electron chi connectivity index (χ4n) is 1.61. The second kappa shape index (κ2) is 5.87. The van der Waals surface area contributed by atoms with E-state index in [4.69, 9.17) is 10.5 Å². The first-order chi connectivity index (χ1) is 8.42. The molecule has 1 amide bonds. The number of hydrogen-bond donors (Lipinski definition) is 1. The molecule has 4 heteroatoms. The van der Waals surface area contributed by atoms with Gasteiger partial charge in [0.15, 0.2) is 0 Å². The van der Waals surface area contributed by atoms with Crippen LogP contribution >= 0.6 is 0 Å². The Bertz CT molecular complexity index is 416. The number of ether oxygens (including phenoxy) is 1. The van der Waals surface area contributed by atoms with Crippen molar-refractivity contribution in [3.8, 4) is 5.75 Å². The van der Waals surface area contributed by atoms with Crippen LogP contribution in [0.25, 0.3) is 0 Å². The van der Waals surface area contributed by atoms with Gasteiger partial charge in [0.1, 0.15) is 5.75 Å². The van der Waals surface area contributed by atoms with Gasteiger partial charge >= 0.3 is 0 Å². The number of amides is 1. The number of methoxy groups -OCH3 is 1. The minimum atomic E-state index is -0.334. The maximum Gasteiger partial charge on any atom is 0.227 e. The highest BCUT2D eigenvalue weighted by atomic mass is 16.5. The maximum absolute atomic E-state index is 12.2. The first-order valence-corrected chi connectivity index (χ1v) is 6.01. The number of nitrogens with two attached hydrogens (primary N) is 1. The normalized spacial score (nSPS) is 11.2. The van der Waals surface area contributed by atoms with Gasteiger partial charge in [0.2, 0.25) is 5.91 Å². The highest BCUT2D eigenvalue weighted by Gasteiger charge is 2.26. The molecular weight excluding hydrogens is 228 g/mol. The number of likely N-dealkylation sites (N-methyl/N-ethyl adjacent to an activating group) is 1. The third-order valence-corrected chi connectivity index (χ3v) is 3.32. The number of carbonyl (C=O) groups excluding carboxylic acids is 1. The Hall–Kier alpha value is -1.55. The Balaban J connectivity index is 2.82. The average Bonchev–Trinajstić information content (AvgIpc) is 2.38. The van der Waals surface area contributed by atoms with Crippen LogP contribution in [0.4, 0.5) is 0 Å². The predicted molar refractivity (Wildman–Crippen MR) is 72.6 cm³/mol. The molecule has 0 atom stereocenters. The molecule has 0 fully saturated rings. The van der Waals surface area contributed by atoms with Crippen LogP contribution in [0.2, 0.25) is 0 Å². The number of nitrogens with zero attached hydrogens (tertiary/aromatic N) is 1. The van der Waals surface area contributed by atoms with Crippen molar-refractivity contribution < 1.29 is 9.53 Å². The molecule has 0 saturated carbocycles. The number of para-hydroxylation sites is 1. The first-order valence-electron chi connectivity index (χ1n) is 6.01. The average molecular weight is 250 g/mol. The summed E-state index contributed by atoms with van der Waals surface area (Å²) >= 11 is 0. The van der Waals surface area contributed by atoms with Crippen molar-refractivity contribution in [2.75, 3.05) is 20.7 Å². The summed E-state index contributed by atoms with van der Waals surface area (Å²) in [7, 11) is 3.39. The van der Waals surface area contributed by atoms with Crippen molar-refractivity contribution in [1.82, 2.24) is 4.90 Å². The second-order valence-electron chi connectivity index (χ2n) is 4.96. The third kappa shape index (κ3) is 3.23. The number of benzene rings is 1. The molecule has 0 aromatic heterocycles. The molecule has 18 heavy (non-hydrogen) atoms. The molecule has 0 radical (unpaired) electrons. The molecular formula is C14H22N2O2. The molecule has 0 saturated heterocycles. The van der Waals surface area contributed by atoms with Gasteiger partial charge in [-0.05, 0) is 19.9 Å².